The Balaban J connectivity index is 1.63. The molecule has 3 aromatic rings. The molecule has 4 rings (SSSR count). The topological polar surface area (TPSA) is 59.0 Å². The van der Waals surface area contributed by atoms with Crippen LogP contribution in [0.25, 0.3) is 11.1 Å². The van der Waals surface area contributed by atoms with Crippen molar-refractivity contribution in [1.82, 2.24) is 19.9 Å². The van der Waals surface area contributed by atoms with Gasteiger partial charge in [0.15, 0.2) is 0 Å². The van der Waals surface area contributed by atoms with Crippen LogP contribution in [0.5, 0.6) is 0 Å². The lowest BCUT2D eigenvalue weighted by Crippen LogP contribution is -2.39. The lowest BCUT2D eigenvalue weighted by atomic mass is 9.89. The fraction of sp³-hybridized carbons (Fsp3) is 0.273. The molecule has 0 radical (unpaired) electrons. The first kappa shape index (κ1) is 19.8. The first-order valence-electron chi connectivity index (χ1n) is 9.51. The Labute approximate surface area is 179 Å². The number of halogens is 2. The van der Waals surface area contributed by atoms with Crippen LogP contribution in [-0.4, -0.2) is 38.8 Å². The van der Waals surface area contributed by atoms with Crippen LogP contribution in [0, 0.1) is 6.92 Å². The Morgan fingerprint density at radius 2 is 1.93 bits per heavy atom. The molecule has 3 heterocycles. The fourth-order valence-corrected chi connectivity index (χ4v) is 4.05. The number of piperidine rings is 1. The molecular weight excluding hydrogens is 407 g/mol. The number of hydrogen-bond donors (Lipinski definition) is 0. The molecule has 1 aromatic carbocycles. The summed E-state index contributed by atoms with van der Waals surface area (Å²) in [6.07, 6.45) is 7.28. The average molecular weight is 427 g/mol. The second-order valence-corrected chi connectivity index (χ2v) is 7.99. The minimum Gasteiger partial charge on any atom is -0.338 e. The van der Waals surface area contributed by atoms with Gasteiger partial charge in [0.1, 0.15) is 5.82 Å². The van der Waals surface area contributed by atoms with E-state index in [4.69, 9.17) is 28.2 Å². The Bertz CT molecular complexity index is 1040. The van der Waals surface area contributed by atoms with Gasteiger partial charge in [-0.3, -0.25) is 9.78 Å². The summed E-state index contributed by atoms with van der Waals surface area (Å²) in [6, 6.07) is 8.93. The number of benzene rings is 1. The molecule has 1 aliphatic heterocycles. The maximum Gasteiger partial charge on any atom is 0.253 e. The molecule has 29 heavy (non-hydrogen) atoms. The van der Waals surface area contributed by atoms with E-state index in [1.165, 1.54) is 0 Å². The number of aryl methyl sites for hydroxylation is 1. The van der Waals surface area contributed by atoms with E-state index in [2.05, 4.69) is 9.97 Å². The lowest BCUT2D eigenvalue weighted by molar-refractivity contribution is 0.0706. The second-order valence-electron chi connectivity index (χ2n) is 7.17. The SMILES string of the molecule is Cc1ncc(-c2ccncc2)c([C@H]2CCCN(C(=O)c3ccc(Cl)c(Cl)c3)C2)n1. The fourth-order valence-electron chi connectivity index (χ4n) is 3.75. The van der Waals surface area contributed by atoms with Gasteiger partial charge in [0, 0.05) is 48.7 Å². The minimum atomic E-state index is -0.0375. The normalized spacial score (nSPS) is 16.7. The Morgan fingerprint density at radius 3 is 2.69 bits per heavy atom. The molecule has 1 fully saturated rings. The van der Waals surface area contributed by atoms with E-state index in [0.717, 1.165) is 35.5 Å². The smallest absolute Gasteiger partial charge is 0.253 e. The van der Waals surface area contributed by atoms with Crippen molar-refractivity contribution >= 4 is 29.1 Å². The molecule has 148 valence electrons. The number of amides is 1. The zero-order valence-corrected chi connectivity index (χ0v) is 17.5. The van der Waals surface area contributed by atoms with Crippen molar-refractivity contribution in [3.8, 4) is 11.1 Å². The molecule has 0 spiro atoms. The van der Waals surface area contributed by atoms with Crippen molar-refractivity contribution in [2.45, 2.75) is 25.7 Å². The van der Waals surface area contributed by atoms with Crippen molar-refractivity contribution in [3.05, 3.63) is 76.0 Å². The van der Waals surface area contributed by atoms with Crippen LogP contribution in [0.2, 0.25) is 10.0 Å². The molecule has 0 unspecified atom stereocenters. The number of carbonyl (C=O) groups is 1. The number of pyridine rings is 1. The summed E-state index contributed by atoms with van der Waals surface area (Å²) in [7, 11) is 0. The molecule has 0 saturated carbocycles. The Hall–Kier alpha value is -2.50. The highest BCUT2D eigenvalue weighted by Gasteiger charge is 2.28. The number of carbonyl (C=O) groups excluding carboxylic acids is 1. The number of nitrogens with zero attached hydrogens (tertiary/aromatic N) is 4. The molecule has 5 nitrogen and oxygen atoms in total. The highest BCUT2D eigenvalue weighted by molar-refractivity contribution is 6.42. The van der Waals surface area contributed by atoms with E-state index in [-0.39, 0.29) is 11.8 Å². The van der Waals surface area contributed by atoms with Gasteiger partial charge < -0.3 is 4.90 Å². The van der Waals surface area contributed by atoms with Gasteiger partial charge in [-0.15, -0.1) is 0 Å². The van der Waals surface area contributed by atoms with Gasteiger partial charge in [0.25, 0.3) is 5.91 Å². The number of likely N-dealkylation sites (tertiary alicyclic amines) is 1. The van der Waals surface area contributed by atoms with Crippen LogP contribution in [0.4, 0.5) is 0 Å². The number of hydrogen-bond acceptors (Lipinski definition) is 4. The minimum absolute atomic E-state index is 0.0375. The first-order chi connectivity index (χ1) is 14.0. The molecule has 1 atom stereocenters. The van der Waals surface area contributed by atoms with Gasteiger partial charge in [0.05, 0.1) is 15.7 Å². The third-order valence-electron chi connectivity index (χ3n) is 5.19. The highest BCUT2D eigenvalue weighted by Crippen LogP contribution is 2.33. The largest absolute Gasteiger partial charge is 0.338 e. The third kappa shape index (κ3) is 4.26. The molecule has 1 amide bonds. The van der Waals surface area contributed by atoms with Gasteiger partial charge in [0.2, 0.25) is 0 Å². The molecule has 2 aromatic heterocycles. The maximum absolute atomic E-state index is 13.0. The summed E-state index contributed by atoms with van der Waals surface area (Å²) >= 11 is 12.1. The zero-order chi connectivity index (χ0) is 20.4. The second kappa shape index (κ2) is 8.47. The molecule has 0 aliphatic carbocycles. The van der Waals surface area contributed by atoms with E-state index >= 15 is 0 Å². The number of rotatable bonds is 3. The average Bonchev–Trinajstić information content (AvgIpc) is 2.76. The highest BCUT2D eigenvalue weighted by atomic mass is 35.5. The van der Waals surface area contributed by atoms with E-state index in [0.29, 0.717) is 28.7 Å². The summed E-state index contributed by atoms with van der Waals surface area (Å²) in [5.74, 6) is 0.829. The van der Waals surface area contributed by atoms with Crippen LogP contribution in [0.1, 0.15) is 40.6 Å². The molecule has 7 heteroatoms. The molecular formula is C22H20Cl2N4O. The third-order valence-corrected chi connectivity index (χ3v) is 5.93. The number of aromatic nitrogens is 3. The van der Waals surface area contributed by atoms with Crippen molar-refractivity contribution < 1.29 is 4.79 Å². The van der Waals surface area contributed by atoms with Gasteiger partial charge in [-0.1, -0.05) is 23.2 Å². The van der Waals surface area contributed by atoms with Crippen molar-refractivity contribution in [2.24, 2.45) is 0 Å². The van der Waals surface area contributed by atoms with Crippen molar-refractivity contribution in [3.63, 3.8) is 0 Å². The first-order valence-corrected chi connectivity index (χ1v) is 10.3. The Morgan fingerprint density at radius 1 is 1.14 bits per heavy atom. The van der Waals surface area contributed by atoms with Crippen LogP contribution in [0.3, 0.4) is 0 Å². The van der Waals surface area contributed by atoms with Crippen LogP contribution in [-0.2, 0) is 0 Å². The van der Waals surface area contributed by atoms with E-state index in [1.54, 1.807) is 30.6 Å². The molecule has 1 aliphatic rings. The Kier molecular flexibility index (Phi) is 5.79. The summed E-state index contributed by atoms with van der Waals surface area (Å²) < 4.78 is 0. The quantitative estimate of drug-likeness (QED) is 0.579. The van der Waals surface area contributed by atoms with Gasteiger partial charge in [-0.05, 0) is 55.7 Å². The lowest BCUT2D eigenvalue weighted by Gasteiger charge is -2.33. The monoisotopic (exact) mass is 426 g/mol. The standard InChI is InChI=1S/C22H20Cl2N4O/c1-14-26-12-18(15-6-8-25-9-7-15)21(27-14)17-3-2-10-28(13-17)22(29)16-4-5-19(23)20(24)11-16/h4-9,11-12,17H,2-3,10,13H2,1H3/t17-/m0/s1. The maximum atomic E-state index is 13.0. The van der Waals surface area contributed by atoms with Crippen LogP contribution >= 0.6 is 23.2 Å². The van der Waals surface area contributed by atoms with Crippen molar-refractivity contribution in [2.75, 3.05) is 13.1 Å². The van der Waals surface area contributed by atoms with Gasteiger partial charge in [-0.25, -0.2) is 9.97 Å². The molecule has 0 N–H and O–H groups in total. The zero-order valence-electron chi connectivity index (χ0n) is 16.0. The summed E-state index contributed by atoms with van der Waals surface area (Å²) in [5.41, 5.74) is 3.55. The van der Waals surface area contributed by atoms with E-state index in [9.17, 15) is 4.79 Å². The predicted molar refractivity (Wildman–Crippen MR) is 114 cm³/mol. The van der Waals surface area contributed by atoms with E-state index in [1.807, 2.05) is 30.2 Å². The molecule has 0 bridgehead atoms. The van der Waals surface area contributed by atoms with E-state index < -0.39 is 0 Å². The summed E-state index contributed by atoms with van der Waals surface area (Å²) in [4.78, 5) is 28.2. The van der Waals surface area contributed by atoms with Gasteiger partial charge >= 0.3 is 0 Å². The summed E-state index contributed by atoms with van der Waals surface area (Å²) in [5, 5.41) is 0.829. The summed E-state index contributed by atoms with van der Waals surface area (Å²) in [6.45, 7) is 3.21. The van der Waals surface area contributed by atoms with Gasteiger partial charge in [-0.2, -0.15) is 0 Å². The van der Waals surface area contributed by atoms with Crippen LogP contribution < -0.4 is 0 Å². The van der Waals surface area contributed by atoms with Crippen molar-refractivity contribution in [1.29, 1.82) is 0 Å². The predicted octanol–water partition coefficient (Wildman–Crippen LogP) is 5.17. The molecule has 1 saturated heterocycles. The van der Waals surface area contributed by atoms with Crippen LogP contribution in [0.15, 0.2) is 48.9 Å².